The average molecular weight is 318 g/mol. The van der Waals surface area contributed by atoms with Crippen LogP contribution in [0.15, 0.2) is 29.0 Å². The van der Waals surface area contributed by atoms with Crippen LogP contribution in [0.25, 0.3) is 0 Å². The minimum Gasteiger partial charge on any atom is -0.459 e. The van der Waals surface area contributed by atoms with Crippen LogP contribution in [0.4, 0.5) is 0 Å². The summed E-state index contributed by atoms with van der Waals surface area (Å²) in [7, 11) is 0. The van der Waals surface area contributed by atoms with Crippen molar-refractivity contribution < 1.29 is 14.3 Å². The maximum Gasteiger partial charge on any atom is 0.287 e. The summed E-state index contributed by atoms with van der Waals surface area (Å²) in [5, 5.41) is 21.3. The van der Waals surface area contributed by atoms with Crippen molar-refractivity contribution in [3.8, 4) is 0 Å². The monoisotopic (exact) mass is 318 g/mol. The van der Waals surface area contributed by atoms with Crippen LogP contribution >= 0.6 is 0 Å². The molecule has 0 unspecified atom stereocenters. The number of nitrogens with zero attached hydrogens (tertiary/aromatic N) is 3. The number of hydrogen-bond acceptors (Lipinski definition) is 5. The van der Waals surface area contributed by atoms with Crippen LogP contribution < -0.4 is 5.32 Å². The Kier molecular flexibility index (Phi) is 4.21. The first kappa shape index (κ1) is 15.7. The van der Waals surface area contributed by atoms with Gasteiger partial charge in [-0.15, -0.1) is 5.10 Å². The average Bonchev–Trinajstić information content (AvgIpc) is 3.19. The molecule has 0 aromatic carbocycles. The number of carbonyl (C=O) groups excluding carboxylic acids is 1. The molecule has 23 heavy (non-hydrogen) atoms. The minimum atomic E-state index is -1.03. The highest BCUT2D eigenvalue weighted by Gasteiger charge is 2.31. The normalized spacial score (nSPS) is 22.0. The SMILES string of the molecule is CC(C)(O)c1cn([C@@H]2CCCC[C@@H]2NC(=O)c2ccco2)nn1. The van der Waals surface area contributed by atoms with Gasteiger partial charge in [-0.05, 0) is 38.8 Å². The fourth-order valence-electron chi connectivity index (χ4n) is 2.96. The molecule has 124 valence electrons. The molecule has 1 aliphatic rings. The van der Waals surface area contributed by atoms with Crippen molar-refractivity contribution >= 4 is 5.91 Å². The summed E-state index contributed by atoms with van der Waals surface area (Å²) >= 11 is 0. The summed E-state index contributed by atoms with van der Waals surface area (Å²) in [6.07, 6.45) is 7.19. The molecule has 1 aliphatic carbocycles. The zero-order valence-electron chi connectivity index (χ0n) is 13.4. The van der Waals surface area contributed by atoms with Gasteiger partial charge in [-0.1, -0.05) is 18.1 Å². The highest BCUT2D eigenvalue weighted by atomic mass is 16.3. The lowest BCUT2D eigenvalue weighted by Gasteiger charge is -2.31. The van der Waals surface area contributed by atoms with Crippen molar-refractivity contribution in [2.75, 3.05) is 0 Å². The Balaban J connectivity index is 1.76. The summed E-state index contributed by atoms with van der Waals surface area (Å²) in [4.78, 5) is 12.2. The van der Waals surface area contributed by atoms with Crippen LogP contribution in [0.1, 0.15) is 61.8 Å². The molecular formula is C16H22N4O3. The van der Waals surface area contributed by atoms with Crippen molar-refractivity contribution in [1.29, 1.82) is 0 Å². The molecule has 0 spiro atoms. The molecule has 0 radical (unpaired) electrons. The number of hydrogen-bond donors (Lipinski definition) is 2. The first-order chi connectivity index (χ1) is 10.9. The molecule has 3 rings (SSSR count). The van der Waals surface area contributed by atoms with Crippen LogP contribution in [-0.4, -0.2) is 32.0 Å². The van der Waals surface area contributed by atoms with E-state index in [2.05, 4.69) is 15.6 Å². The lowest BCUT2D eigenvalue weighted by molar-refractivity contribution is 0.0735. The van der Waals surface area contributed by atoms with Crippen LogP contribution in [-0.2, 0) is 5.60 Å². The predicted molar refractivity (Wildman–Crippen MR) is 82.7 cm³/mol. The van der Waals surface area contributed by atoms with Gasteiger partial charge in [0.1, 0.15) is 11.3 Å². The van der Waals surface area contributed by atoms with E-state index in [0.717, 1.165) is 25.7 Å². The lowest BCUT2D eigenvalue weighted by atomic mass is 9.90. The summed E-state index contributed by atoms with van der Waals surface area (Å²) < 4.78 is 6.91. The molecule has 2 aromatic heterocycles. The van der Waals surface area contributed by atoms with Crippen molar-refractivity contribution in [1.82, 2.24) is 20.3 Å². The maximum atomic E-state index is 12.2. The zero-order chi connectivity index (χ0) is 16.4. The van der Waals surface area contributed by atoms with Crippen molar-refractivity contribution in [3.05, 3.63) is 36.0 Å². The van der Waals surface area contributed by atoms with E-state index in [9.17, 15) is 9.90 Å². The van der Waals surface area contributed by atoms with Gasteiger partial charge >= 0.3 is 0 Å². The number of amides is 1. The Hall–Kier alpha value is -2.15. The first-order valence-corrected chi connectivity index (χ1v) is 7.94. The van der Waals surface area contributed by atoms with Gasteiger partial charge in [-0.25, -0.2) is 4.68 Å². The van der Waals surface area contributed by atoms with E-state index >= 15 is 0 Å². The lowest BCUT2D eigenvalue weighted by Crippen LogP contribution is -2.43. The standard InChI is InChI=1S/C16H22N4O3/c1-16(2,22)14-10-20(19-18-14)12-7-4-3-6-11(12)17-15(21)13-8-5-9-23-13/h5,8-12,22H,3-4,6-7H2,1-2H3,(H,17,21)/t11-,12+/m0/s1. The summed E-state index contributed by atoms with van der Waals surface area (Å²) in [5.74, 6) is 0.0971. The summed E-state index contributed by atoms with van der Waals surface area (Å²) in [6, 6.07) is 3.35. The third-order valence-electron chi connectivity index (χ3n) is 4.27. The molecule has 1 amide bonds. The van der Waals surface area contributed by atoms with Gasteiger partial charge in [0.15, 0.2) is 5.76 Å². The highest BCUT2D eigenvalue weighted by molar-refractivity contribution is 5.91. The van der Waals surface area contributed by atoms with E-state index in [1.54, 1.807) is 36.9 Å². The molecule has 0 saturated heterocycles. The molecule has 2 N–H and O–H groups in total. The molecule has 0 aliphatic heterocycles. The Morgan fingerprint density at radius 1 is 1.43 bits per heavy atom. The molecule has 2 heterocycles. The number of carbonyl (C=O) groups is 1. The molecule has 1 fully saturated rings. The van der Waals surface area contributed by atoms with Crippen LogP contribution in [0, 0.1) is 0 Å². The van der Waals surface area contributed by atoms with Gasteiger partial charge in [0, 0.05) is 0 Å². The highest BCUT2D eigenvalue weighted by Crippen LogP contribution is 2.29. The third-order valence-corrected chi connectivity index (χ3v) is 4.27. The second-order valence-corrected chi connectivity index (χ2v) is 6.55. The number of aliphatic hydroxyl groups is 1. The van der Waals surface area contributed by atoms with E-state index < -0.39 is 5.60 Å². The number of aromatic nitrogens is 3. The zero-order valence-corrected chi connectivity index (χ0v) is 13.4. The maximum absolute atomic E-state index is 12.2. The summed E-state index contributed by atoms with van der Waals surface area (Å²) in [6.45, 7) is 3.36. The third kappa shape index (κ3) is 3.44. The van der Waals surface area contributed by atoms with Gasteiger partial charge in [0.2, 0.25) is 0 Å². The fraction of sp³-hybridized carbons (Fsp3) is 0.562. The Bertz CT molecular complexity index is 657. The van der Waals surface area contributed by atoms with Gasteiger partial charge in [0.05, 0.1) is 24.5 Å². The van der Waals surface area contributed by atoms with Gasteiger partial charge in [0.25, 0.3) is 5.91 Å². The molecule has 1 saturated carbocycles. The fourth-order valence-corrected chi connectivity index (χ4v) is 2.96. The van der Waals surface area contributed by atoms with E-state index in [4.69, 9.17) is 4.42 Å². The van der Waals surface area contributed by atoms with Gasteiger partial charge in [-0.3, -0.25) is 4.79 Å². The Morgan fingerprint density at radius 3 is 2.87 bits per heavy atom. The van der Waals surface area contributed by atoms with E-state index in [1.165, 1.54) is 6.26 Å². The molecule has 7 nitrogen and oxygen atoms in total. The van der Waals surface area contributed by atoms with Gasteiger partial charge < -0.3 is 14.8 Å². The smallest absolute Gasteiger partial charge is 0.287 e. The molecule has 2 atom stereocenters. The molecular weight excluding hydrogens is 296 g/mol. The number of nitrogens with one attached hydrogen (secondary N) is 1. The minimum absolute atomic E-state index is 0.0299. The second kappa shape index (κ2) is 6.16. The van der Waals surface area contributed by atoms with Crippen LogP contribution in [0.5, 0.6) is 0 Å². The van der Waals surface area contributed by atoms with Crippen molar-refractivity contribution in [2.24, 2.45) is 0 Å². The molecule has 0 bridgehead atoms. The van der Waals surface area contributed by atoms with E-state index in [0.29, 0.717) is 11.5 Å². The van der Waals surface area contributed by atoms with E-state index in [1.807, 2.05) is 0 Å². The summed E-state index contributed by atoms with van der Waals surface area (Å²) in [5.41, 5.74) is -0.501. The Morgan fingerprint density at radius 2 is 2.22 bits per heavy atom. The quantitative estimate of drug-likeness (QED) is 0.899. The first-order valence-electron chi connectivity index (χ1n) is 7.94. The van der Waals surface area contributed by atoms with Crippen molar-refractivity contribution in [3.63, 3.8) is 0 Å². The number of furan rings is 1. The molecule has 2 aromatic rings. The van der Waals surface area contributed by atoms with Crippen LogP contribution in [0.3, 0.4) is 0 Å². The van der Waals surface area contributed by atoms with Crippen LogP contribution in [0.2, 0.25) is 0 Å². The van der Waals surface area contributed by atoms with E-state index in [-0.39, 0.29) is 18.0 Å². The van der Waals surface area contributed by atoms with Crippen molar-refractivity contribution in [2.45, 2.75) is 57.2 Å². The van der Waals surface area contributed by atoms with Gasteiger partial charge in [-0.2, -0.15) is 0 Å². The second-order valence-electron chi connectivity index (χ2n) is 6.55. The number of rotatable bonds is 4. The molecule has 7 heteroatoms. The topological polar surface area (TPSA) is 93.2 Å². The largest absolute Gasteiger partial charge is 0.459 e. The predicted octanol–water partition coefficient (Wildman–Crippen LogP) is 2.01. The Labute approximate surface area is 134 Å².